The second-order valence-electron chi connectivity index (χ2n) is 11.7. The number of ether oxygens (including phenoxy) is 3. The zero-order chi connectivity index (χ0) is 30.8. The Hall–Kier alpha value is -5.66. The van der Waals surface area contributed by atoms with Crippen molar-refractivity contribution in [2.45, 2.75) is 32.2 Å². The van der Waals surface area contributed by atoms with Crippen LogP contribution < -0.4 is 4.74 Å². The number of hydrogen-bond acceptors (Lipinski definition) is 9. The van der Waals surface area contributed by atoms with Gasteiger partial charge in [0.25, 0.3) is 0 Å². The van der Waals surface area contributed by atoms with Gasteiger partial charge in [0.05, 0.1) is 41.4 Å². The number of H-pyrrole nitrogens is 2. The summed E-state index contributed by atoms with van der Waals surface area (Å²) in [6.45, 7) is 4.57. The molecule has 0 bridgehead atoms. The molecule has 0 amide bonds. The van der Waals surface area contributed by atoms with E-state index in [1.807, 2.05) is 68.8 Å². The molecule has 8 aromatic rings. The Balaban J connectivity index is 0.964. The molecule has 46 heavy (non-hydrogen) atoms. The normalized spacial score (nSPS) is 18.4. The summed E-state index contributed by atoms with van der Waals surface area (Å²) >= 11 is 0. The van der Waals surface area contributed by atoms with Crippen LogP contribution in [-0.4, -0.2) is 74.7 Å². The smallest absolute Gasteiger partial charge is 0.171 e. The molecule has 2 atom stereocenters. The molecule has 0 aromatic carbocycles. The van der Waals surface area contributed by atoms with E-state index in [-0.39, 0.29) is 6.10 Å². The van der Waals surface area contributed by atoms with Gasteiger partial charge in [0, 0.05) is 59.2 Å². The number of aromatic nitrogens is 10. The van der Waals surface area contributed by atoms with Crippen LogP contribution in [0.4, 0.5) is 0 Å². The van der Waals surface area contributed by atoms with Crippen LogP contribution in [0.15, 0.2) is 79.6 Å². The van der Waals surface area contributed by atoms with Crippen molar-refractivity contribution in [1.29, 1.82) is 0 Å². The van der Waals surface area contributed by atoms with Crippen molar-refractivity contribution in [2.75, 3.05) is 13.2 Å². The first kappa shape index (κ1) is 26.7. The average Bonchev–Trinajstić information content (AvgIpc) is 3.89. The van der Waals surface area contributed by atoms with Crippen LogP contribution in [0.3, 0.4) is 0 Å². The highest BCUT2D eigenvalue weighted by molar-refractivity contribution is 5.99. The van der Waals surface area contributed by atoms with E-state index in [0.29, 0.717) is 25.4 Å². The third-order valence-corrected chi connectivity index (χ3v) is 8.47. The highest BCUT2D eigenvalue weighted by atomic mass is 16.7. The van der Waals surface area contributed by atoms with Gasteiger partial charge in [0.15, 0.2) is 5.79 Å². The number of nitrogens with zero attached hydrogens (tertiary/aromatic N) is 8. The number of fused-ring (bicyclic) bond motifs is 4. The summed E-state index contributed by atoms with van der Waals surface area (Å²) in [7, 11) is 0. The van der Waals surface area contributed by atoms with Gasteiger partial charge >= 0.3 is 0 Å². The van der Waals surface area contributed by atoms with E-state index >= 15 is 0 Å². The molecule has 1 aliphatic heterocycles. The van der Waals surface area contributed by atoms with Gasteiger partial charge in [-0.3, -0.25) is 0 Å². The monoisotopic (exact) mass is 612 g/mol. The number of rotatable bonds is 7. The molecule has 0 saturated carbocycles. The van der Waals surface area contributed by atoms with Gasteiger partial charge in [0.1, 0.15) is 29.8 Å². The molecule has 0 aliphatic carbocycles. The zero-order valence-electron chi connectivity index (χ0n) is 25.0. The van der Waals surface area contributed by atoms with E-state index in [0.717, 1.165) is 66.7 Å². The zero-order valence-corrected chi connectivity index (χ0v) is 25.0. The summed E-state index contributed by atoms with van der Waals surface area (Å²) in [5, 5.41) is 20.5. The first-order chi connectivity index (χ1) is 22.5. The van der Waals surface area contributed by atoms with E-state index in [4.69, 9.17) is 19.3 Å². The molecule has 2 N–H and O–H groups in total. The van der Waals surface area contributed by atoms with E-state index in [9.17, 15) is 0 Å². The molecule has 1 saturated heterocycles. The van der Waals surface area contributed by atoms with Crippen molar-refractivity contribution in [3.8, 4) is 28.0 Å². The van der Waals surface area contributed by atoms with Crippen molar-refractivity contribution < 1.29 is 14.2 Å². The lowest BCUT2D eigenvalue weighted by atomic mass is 9.98. The topological polar surface area (TPSA) is 145 Å². The minimum absolute atomic E-state index is 0.288. The summed E-state index contributed by atoms with van der Waals surface area (Å²) < 4.78 is 22.2. The van der Waals surface area contributed by atoms with Crippen LogP contribution >= 0.6 is 0 Å². The van der Waals surface area contributed by atoms with Crippen LogP contribution in [0.1, 0.15) is 18.3 Å². The van der Waals surface area contributed by atoms with Gasteiger partial charge in [-0.05, 0) is 61.4 Å². The summed E-state index contributed by atoms with van der Waals surface area (Å²) in [4.78, 5) is 15.3. The molecule has 228 valence electrons. The fraction of sp³-hybridized carbons (Fsp3) is 0.212. The summed E-state index contributed by atoms with van der Waals surface area (Å²) in [6.07, 6.45) is 11.0. The second kappa shape index (κ2) is 10.2. The van der Waals surface area contributed by atoms with E-state index in [1.54, 1.807) is 27.9 Å². The minimum atomic E-state index is -0.913. The molecule has 9 rings (SSSR count). The number of hydrogen-bond donors (Lipinski definition) is 2. The predicted molar refractivity (Wildman–Crippen MR) is 169 cm³/mol. The molecular weight excluding hydrogens is 584 g/mol. The Morgan fingerprint density at radius 3 is 2.46 bits per heavy atom. The average molecular weight is 613 g/mol. The number of nitrogens with one attached hydrogen (secondary N) is 2. The Morgan fingerprint density at radius 1 is 0.870 bits per heavy atom. The molecule has 1 fully saturated rings. The summed E-state index contributed by atoms with van der Waals surface area (Å²) in [5.74, 6) is -0.299. The molecule has 9 heterocycles. The molecule has 0 spiro atoms. The standard InChI is InChI=1S/C33H28N10O3/c1-19-3-4-28-30(23-6-10-35-32-25(23)8-12-37-32)27(41-43(28)40-19)14-33(2)45-18-21(46-33)17-44-20-13-29-26(16-39-42(29)38-15-20)22-5-9-34-31-24(22)7-11-36-31/h3-13,15-16,21H,14,17-18H2,1-2H3,(H,34,36)(H,35,37). The first-order valence-electron chi connectivity index (χ1n) is 15.0. The second-order valence-corrected chi connectivity index (χ2v) is 11.7. The van der Waals surface area contributed by atoms with Gasteiger partial charge < -0.3 is 24.2 Å². The quantitative estimate of drug-likeness (QED) is 0.256. The number of pyridine rings is 2. The van der Waals surface area contributed by atoms with Crippen molar-refractivity contribution in [3.05, 3.63) is 91.0 Å². The number of aryl methyl sites for hydroxylation is 1. The van der Waals surface area contributed by atoms with Gasteiger partial charge in [-0.2, -0.15) is 29.7 Å². The molecule has 0 radical (unpaired) electrons. The van der Waals surface area contributed by atoms with E-state index in [2.05, 4.69) is 41.3 Å². The molecule has 2 unspecified atom stereocenters. The summed E-state index contributed by atoms with van der Waals surface area (Å²) in [6, 6.07) is 14.0. The Bertz CT molecular complexity index is 2410. The lowest BCUT2D eigenvalue weighted by Gasteiger charge is -2.23. The Morgan fingerprint density at radius 2 is 1.63 bits per heavy atom. The predicted octanol–water partition coefficient (Wildman–Crippen LogP) is 4.92. The van der Waals surface area contributed by atoms with Crippen molar-refractivity contribution in [1.82, 2.24) is 49.6 Å². The maximum absolute atomic E-state index is 6.48. The molecule has 1 aliphatic rings. The van der Waals surface area contributed by atoms with Crippen molar-refractivity contribution >= 4 is 33.1 Å². The van der Waals surface area contributed by atoms with Crippen LogP contribution in [0.2, 0.25) is 0 Å². The third-order valence-electron chi connectivity index (χ3n) is 8.47. The molecular formula is C33H28N10O3. The Labute approximate surface area is 261 Å². The van der Waals surface area contributed by atoms with Gasteiger partial charge in [-0.25, -0.2) is 9.97 Å². The maximum Gasteiger partial charge on any atom is 0.171 e. The van der Waals surface area contributed by atoms with E-state index in [1.165, 1.54) is 0 Å². The van der Waals surface area contributed by atoms with Crippen molar-refractivity contribution in [3.63, 3.8) is 0 Å². The molecule has 8 aromatic heterocycles. The number of aromatic amines is 2. The lowest BCUT2D eigenvalue weighted by Crippen LogP contribution is -2.31. The SMILES string of the molecule is Cc1ccc2c(-c3ccnc4[nH]ccc34)c(CC3(C)OCC(COc4cnn5ncc(-c6ccnc7[nH]ccc67)c5c4)O3)nn2n1. The highest BCUT2D eigenvalue weighted by Crippen LogP contribution is 2.37. The van der Waals surface area contributed by atoms with Crippen LogP contribution in [0.25, 0.3) is 55.4 Å². The summed E-state index contributed by atoms with van der Waals surface area (Å²) in [5.41, 5.74) is 9.03. The molecule has 13 nitrogen and oxygen atoms in total. The molecule has 13 heteroatoms. The van der Waals surface area contributed by atoms with Crippen molar-refractivity contribution in [2.24, 2.45) is 0 Å². The van der Waals surface area contributed by atoms with Gasteiger partial charge in [0.2, 0.25) is 0 Å². The van der Waals surface area contributed by atoms with E-state index < -0.39 is 5.79 Å². The first-order valence-corrected chi connectivity index (χ1v) is 15.0. The van der Waals surface area contributed by atoms with Gasteiger partial charge in [-0.15, -0.1) is 0 Å². The fourth-order valence-electron chi connectivity index (χ4n) is 6.37. The van der Waals surface area contributed by atoms with Crippen LogP contribution in [0.5, 0.6) is 5.75 Å². The minimum Gasteiger partial charge on any atom is -0.489 e. The third kappa shape index (κ3) is 4.39. The maximum atomic E-state index is 6.48. The van der Waals surface area contributed by atoms with Crippen LogP contribution in [0, 0.1) is 6.92 Å². The lowest BCUT2D eigenvalue weighted by molar-refractivity contribution is -0.155. The van der Waals surface area contributed by atoms with Crippen LogP contribution in [-0.2, 0) is 15.9 Å². The van der Waals surface area contributed by atoms with Gasteiger partial charge in [-0.1, -0.05) is 0 Å². The highest BCUT2D eigenvalue weighted by Gasteiger charge is 2.39. The largest absolute Gasteiger partial charge is 0.489 e. The fourth-order valence-corrected chi connectivity index (χ4v) is 6.37. The Kier molecular flexibility index (Phi) is 5.92.